The van der Waals surface area contributed by atoms with Crippen LogP contribution in [-0.2, 0) is 0 Å². The first kappa shape index (κ1) is 14.1. The van der Waals surface area contributed by atoms with E-state index in [9.17, 15) is 0 Å². The molecule has 0 aliphatic rings. The summed E-state index contributed by atoms with van der Waals surface area (Å²) < 4.78 is 6.57. The summed E-state index contributed by atoms with van der Waals surface area (Å²) in [6.45, 7) is 2.56. The largest absolute Gasteiger partial charge is 0.493 e. The van der Waals surface area contributed by atoms with Crippen molar-refractivity contribution in [3.05, 3.63) is 57.5 Å². The van der Waals surface area contributed by atoms with E-state index in [0.29, 0.717) is 11.6 Å². The molecule has 0 fully saturated rings. The highest BCUT2D eigenvalue weighted by Crippen LogP contribution is 2.23. The number of ether oxygens (including phenoxy) is 1. The molecule has 98 valence electrons. The van der Waals surface area contributed by atoms with E-state index in [4.69, 9.17) is 16.3 Å². The van der Waals surface area contributed by atoms with Gasteiger partial charge in [-0.1, -0.05) is 27.5 Å². The van der Waals surface area contributed by atoms with Crippen molar-refractivity contribution in [2.75, 3.05) is 6.61 Å². The van der Waals surface area contributed by atoms with Gasteiger partial charge in [0.05, 0.1) is 12.3 Å². The van der Waals surface area contributed by atoms with Gasteiger partial charge in [-0.3, -0.25) is 4.99 Å². The normalized spacial score (nSPS) is 10.9. The van der Waals surface area contributed by atoms with Gasteiger partial charge in [0.15, 0.2) is 0 Å². The Hall–Kier alpha value is -1.32. The summed E-state index contributed by atoms with van der Waals surface area (Å²) >= 11 is 9.39. The summed E-state index contributed by atoms with van der Waals surface area (Å²) in [6, 6.07) is 13.3. The van der Waals surface area contributed by atoms with Crippen LogP contribution in [-0.4, -0.2) is 12.8 Å². The van der Waals surface area contributed by atoms with Crippen LogP contribution in [0.15, 0.2) is 51.9 Å². The Balaban J connectivity index is 2.26. The summed E-state index contributed by atoms with van der Waals surface area (Å²) in [6.07, 6.45) is 1.76. The minimum Gasteiger partial charge on any atom is -0.493 e. The monoisotopic (exact) mass is 337 g/mol. The minimum atomic E-state index is 0.612. The Bertz CT molecular complexity index is 581. The van der Waals surface area contributed by atoms with E-state index in [1.54, 1.807) is 6.21 Å². The zero-order valence-corrected chi connectivity index (χ0v) is 12.8. The maximum absolute atomic E-state index is 6.00. The van der Waals surface area contributed by atoms with Crippen molar-refractivity contribution in [2.45, 2.75) is 6.92 Å². The first-order valence-corrected chi connectivity index (χ1v) is 7.08. The van der Waals surface area contributed by atoms with Crippen LogP contribution in [0.4, 0.5) is 5.69 Å². The van der Waals surface area contributed by atoms with Gasteiger partial charge in [0.25, 0.3) is 0 Å². The zero-order valence-electron chi connectivity index (χ0n) is 10.4. The SMILES string of the molecule is CCOc1ccc(Cl)cc1C=Nc1ccc(Br)cc1. The highest BCUT2D eigenvalue weighted by atomic mass is 79.9. The van der Waals surface area contributed by atoms with Crippen molar-refractivity contribution in [3.63, 3.8) is 0 Å². The predicted molar refractivity (Wildman–Crippen MR) is 84.0 cm³/mol. The summed E-state index contributed by atoms with van der Waals surface area (Å²) in [5.41, 5.74) is 1.75. The van der Waals surface area contributed by atoms with Crippen LogP contribution < -0.4 is 4.74 Å². The lowest BCUT2D eigenvalue weighted by molar-refractivity contribution is 0.340. The van der Waals surface area contributed by atoms with E-state index >= 15 is 0 Å². The molecule has 2 aromatic carbocycles. The van der Waals surface area contributed by atoms with Gasteiger partial charge in [-0.05, 0) is 49.4 Å². The number of hydrogen-bond donors (Lipinski definition) is 0. The Kier molecular flexibility index (Phi) is 5.00. The summed E-state index contributed by atoms with van der Waals surface area (Å²) in [5, 5.41) is 0.667. The lowest BCUT2D eigenvalue weighted by Gasteiger charge is -2.06. The molecular weight excluding hydrogens is 326 g/mol. The fourth-order valence-electron chi connectivity index (χ4n) is 1.58. The predicted octanol–water partition coefficient (Wildman–Crippen LogP) is 5.25. The number of hydrogen-bond acceptors (Lipinski definition) is 2. The highest BCUT2D eigenvalue weighted by Gasteiger charge is 2.02. The van der Waals surface area contributed by atoms with E-state index in [2.05, 4.69) is 20.9 Å². The molecular formula is C15H13BrClNO. The molecule has 0 atom stereocenters. The van der Waals surface area contributed by atoms with Gasteiger partial charge < -0.3 is 4.74 Å². The van der Waals surface area contributed by atoms with Crippen LogP contribution in [0.5, 0.6) is 5.75 Å². The van der Waals surface area contributed by atoms with Gasteiger partial charge >= 0.3 is 0 Å². The number of benzene rings is 2. The Labute approximate surface area is 126 Å². The fourth-order valence-corrected chi connectivity index (χ4v) is 2.02. The molecule has 0 N–H and O–H groups in total. The van der Waals surface area contributed by atoms with Crippen molar-refractivity contribution in [1.82, 2.24) is 0 Å². The molecule has 2 rings (SSSR count). The van der Waals surface area contributed by atoms with Crippen LogP contribution in [0.2, 0.25) is 5.02 Å². The van der Waals surface area contributed by atoms with Crippen LogP contribution >= 0.6 is 27.5 Å². The molecule has 0 spiro atoms. The average Bonchev–Trinajstić information content (AvgIpc) is 2.41. The fraction of sp³-hybridized carbons (Fsp3) is 0.133. The minimum absolute atomic E-state index is 0.612. The van der Waals surface area contributed by atoms with E-state index in [1.165, 1.54) is 0 Å². The van der Waals surface area contributed by atoms with Gasteiger partial charge in [-0.2, -0.15) is 0 Å². The molecule has 19 heavy (non-hydrogen) atoms. The van der Waals surface area contributed by atoms with Crippen LogP contribution in [0, 0.1) is 0 Å². The smallest absolute Gasteiger partial charge is 0.128 e. The second kappa shape index (κ2) is 6.73. The van der Waals surface area contributed by atoms with Crippen LogP contribution in [0.3, 0.4) is 0 Å². The lowest BCUT2D eigenvalue weighted by atomic mass is 10.2. The summed E-state index contributed by atoms with van der Waals surface area (Å²) in [7, 11) is 0. The third kappa shape index (κ3) is 4.08. The van der Waals surface area contributed by atoms with Crippen molar-refractivity contribution >= 4 is 39.4 Å². The molecule has 0 radical (unpaired) electrons. The van der Waals surface area contributed by atoms with Crippen LogP contribution in [0.25, 0.3) is 0 Å². The van der Waals surface area contributed by atoms with E-state index in [1.807, 2.05) is 49.4 Å². The molecule has 4 heteroatoms. The summed E-state index contributed by atoms with van der Waals surface area (Å²) in [4.78, 5) is 4.42. The van der Waals surface area contributed by atoms with Gasteiger partial charge in [-0.15, -0.1) is 0 Å². The quantitative estimate of drug-likeness (QED) is 0.698. The highest BCUT2D eigenvalue weighted by molar-refractivity contribution is 9.10. The van der Waals surface area contributed by atoms with Gasteiger partial charge in [-0.25, -0.2) is 0 Å². The molecule has 0 heterocycles. The second-order valence-corrected chi connectivity index (χ2v) is 5.20. The molecule has 0 saturated carbocycles. The third-order valence-corrected chi connectivity index (χ3v) is 3.21. The summed E-state index contributed by atoms with van der Waals surface area (Å²) in [5.74, 6) is 0.785. The zero-order chi connectivity index (χ0) is 13.7. The number of halogens is 2. The molecule has 2 nitrogen and oxygen atoms in total. The maximum Gasteiger partial charge on any atom is 0.128 e. The molecule has 0 aliphatic heterocycles. The van der Waals surface area contributed by atoms with E-state index < -0.39 is 0 Å². The molecule has 0 amide bonds. The Morgan fingerprint density at radius 2 is 1.95 bits per heavy atom. The van der Waals surface area contributed by atoms with Crippen molar-refractivity contribution in [3.8, 4) is 5.75 Å². The number of rotatable bonds is 4. The Morgan fingerprint density at radius 3 is 2.63 bits per heavy atom. The topological polar surface area (TPSA) is 21.6 Å². The first-order valence-electron chi connectivity index (χ1n) is 5.91. The lowest BCUT2D eigenvalue weighted by Crippen LogP contribution is -1.95. The average molecular weight is 339 g/mol. The molecule has 2 aromatic rings. The van der Waals surface area contributed by atoms with Crippen molar-refractivity contribution in [1.29, 1.82) is 0 Å². The molecule has 0 aliphatic carbocycles. The standard InChI is InChI=1S/C15H13BrClNO/c1-2-19-15-8-5-13(17)9-11(15)10-18-14-6-3-12(16)4-7-14/h3-10H,2H2,1H3. The maximum atomic E-state index is 6.00. The van der Waals surface area contributed by atoms with E-state index in [-0.39, 0.29) is 0 Å². The molecule has 0 bridgehead atoms. The van der Waals surface area contributed by atoms with Crippen molar-refractivity contribution < 1.29 is 4.74 Å². The molecule has 0 saturated heterocycles. The molecule has 0 unspecified atom stereocenters. The number of nitrogens with zero attached hydrogens (tertiary/aromatic N) is 1. The van der Waals surface area contributed by atoms with Crippen LogP contribution in [0.1, 0.15) is 12.5 Å². The van der Waals surface area contributed by atoms with Gasteiger partial charge in [0, 0.05) is 21.3 Å². The molecule has 0 aromatic heterocycles. The number of aliphatic imine (C=N–C) groups is 1. The third-order valence-electron chi connectivity index (χ3n) is 2.45. The van der Waals surface area contributed by atoms with Gasteiger partial charge in [0.2, 0.25) is 0 Å². The Morgan fingerprint density at radius 1 is 1.21 bits per heavy atom. The van der Waals surface area contributed by atoms with Crippen molar-refractivity contribution in [2.24, 2.45) is 4.99 Å². The first-order chi connectivity index (χ1) is 9.19. The second-order valence-electron chi connectivity index (χ2n) is 3.85. The van der Waals surface area contributed by atoms with Gasteiger partial charge in [0.1, 0.15) is 5.75 Å². The van der Waals surface area contributed by atoms with E-state index in [0.717, 1.165) is 21.5 Å².